The van der Waals surface area contributed by atoms with Crippen molar-refractivity contribution in [1.29, 1.82) is 0 Å². The van der Waals surface area contributed by atoms with E-state index >= 15 is 0 Å². The SMILES string of the molecule is CC(C)(C)OC(=O)N(CCO)CC1Cc2ccccc2S(=O)(=O)N1. The number of sulfonamides is 1. The highest BCUT2D eigenvalue weighted by Crippen LogP contribution is 2.23. The maximum atomic E-state index is 12.3. The van der Waals surface area contributed by atoms with E-state index in [0.29, 0.717) is 6.42 Å². The average Bonchev–Trinajstić information content (AvgIpc) is 2.44. The summed E-state index contributed by atoms with van der Waals surface area (Å²) in [4.78, 5) is 13.8. The maximum absolute atomic E-state index is 12.3. The predicted molar refractivity (Wildman–Crippen MR) is 89.1 cm³/mol. The van der Waals surface area contributed by atoms with Crippen LogP contribution in [0.2, 0.25) is 0 Å². The number of rotatable bonds is 4. The summed E-state index contributed by atoms with van der Waals surface area (Å²) in [6, 6.07) is 6.33. The topological polar surface area (TPSA) is 95.9 Å². The van der Waals surface area contributed by atoms with E-state index < -0.39 is 27.8 Å². The number of benzene rings is 1. The van der Waals surface area contributed by atoms with Crippen LogP contribution in [-0.2, 0) is 21.2 Å². The highest BCUT2D eigenvalue weighted by atomic mass is 32.2. The van der Waals surface area contributed by atoms with E-state index in [2.05, 4.69) is 4.72 Å². The summed E-state index contributed by atoms with van der Waals surface area (Å²) < 4.78 is 32.6. The van der Waals surface area contributed by atoms with Crippen molar-refractivity contribution < 1.29 is 23.1 Å². The smallest absolute Gasteiger partial charge is 0.410 e. The Morgan fingerprint density at radius 1 is 1.38 bits per heavy atom. The molecule has 1 aliphatic rings. The molecule has 2 rings (SSSR count). The third-order valence-electron chi connectivity index (χ3n) is 3.51. The van der Waals surface area contributed by atoms with Gasteiger partial charge in [-0.2, -0.15) is 0 Å². The molecule has 1 aromatic carbocycles. The molecular weight excluding hydrogens is 332 g/mol. The first-order valence-corrected chi connectivity index (χ1v) is 9.30. The number of carbonyl (C=O) groups excluding carboxylic acids is 1. The van der Waals surface area contributed by atoms with Gasteiger partial charge in [-0.3, -0.25) is 0 Å². The Morgan fingerprint density at radius 2 is 2.04 bits per heavy atom. The Bertz CT molecular complexity index is 697. The second-order valence-electron chi connectivity index (χ2n) is 6.78. The molecule has 1 heterocycles. The molecule has 8 heteroatoms. The van der Waals surface area contributed by atoms with Gasteiger partial charge in [-0.25, -0.2) is 17.9 Å². The monoisotopic (exact) mass is 356 g/mol. The van der Waals surface area contributed by atoms with Crippen molar-refractivity contribution >= 4 is 16.1 Å². The molecule has 24 heavy (non-hydrogen) atoms. The number of aliphatic hydroxyl groups is 1. The van der Waals surface area contributed by atoms with Gasteiger partial charge in [0.1, 0.15) is 5.60 Å². The largest absolute Gasteiger partial charge is 0.444 e. The molecule has 1 amide bonds. The normalized spacial score (nSPS) is 19.4. The van der Waals surface area contributed by atoms with Crippen molar-refractivity contribution in [2.24, 2.45) is 0 Å². The van der Waals surface area contributed by atoms with Crippen LogP contribution in [0.25, 0.3) is 0 Å². The number of ether oxygens (including phenoxy) is 1. The van der Waals surface area contributed by atoms with Gasteiger partial charge in [0, 0.05) is 19.1 Å². The lowest BCUT2D eigenvalue weighted by Crippen LogP contribution is -2.50. The standard InChI is InChI=1S/C16H24N2O5S/c1-16(2,3)23-15(20)18(8-9-19)11-13-10-12-6-4-5-7-14(12)24(21,22)17-13/h4-7,13,17,19H,8-11H2,1-3H3. The minimum Gasteiger partial charge on any atom is -0.444 e. The van der Waals surface area contributed by atoms with E-state index in [1.807, 2.05) is 0 Å². The Labute approximate surface area is 142 Å². The first kappa shape index (κ1) is 18.7. The van der Waals surface area contributed by atoms with Crippen LogP contribution in [0, 0.1) is 0 Å². The highest BCUT2D eigenvalue weighted by Gasteiger charge is 2.32. The van der Waals surface area contributed by atoms with Crippen LogP contribution >= 0.6 is 0 Å². The average molecular weight is 356 g/mol. The van der Waals surface area contributed by atoms with Crippen LogP contribution in [0.15, 0.2) is 29.2 Å². The molecule has 1 atom stereocenters. The summed E-state index contributed by atoms with van der Waals surface area (Å²) in [6.07, 6.45) is -0.102. The van der Waals surface area contributed by atoms with Gasteiger partial charge < -0.3 is 14.7 Å². The molecule has 2 N–H and O–H groups in total. The Balaban J connectivity index is 2.15. The van der Waals surface area contributed by atoms with E-state index in [1.54, 1.807) is 45.0 Å². The fraction of sp³-hybridized carbons (Fsp3) is 0.562. The molecule has 134 valence electrons. The lowest BCUT2D eigenvalue weighted by atomic mass is 10.1. The fourth-order valence-corrected chi connectivity index (χ4v) is 4.07. The maximum Gasteiger partial charge on any atom is 0.410 e. The minimum absolute atomic E-state index is 0.0782. The van der Waals surface area contributed by atoms with Crippen molar-refractivity contribution in [1.82, 2.24) is 9.62 Å². The van der Waals surface area contributed by atoms with Crippen LogP contribution in [0.3, 0.4) is 0 Å². The summed E-state index contributed by atoms with van der Waals surface area (Å²) in [5.41, 5.74) is 0.0538. The molecule has 0 bridgehead atoms. The van der Waals surface area contributed by atoms with E-state index in [9.17, 15) is 18.3 Å². The number of nitrogens with one attached hydrogen (secondary N) is 1. The lowest BCUT2D eigenvalue weighted by molar-refractivity contribution is 0.0203. The van der Waals surface area contributed by atoms with E-state index in [-0.39, 0.29) is 24.6 Å². The quantitative estimate of drug-likeness (QED) is 0.843. The van der Waals surface area contributed by atoms with Crippen molar-refractivity contribution in [3.8, 4) is 0 Å². The van der Waals surface area contributed by atoms with Gasteiger partial charge in [-0.1, -0.05) is 18.2 Å². The summed E-state index contributed by atoms with van der Waals surface area (Å²) in [7, 11) is -3.60. The molecular formula is C16H24N2O5S. The van der Waals surface area contributed by atoms with Crippen LogP contribution in [0.1, 0.15) is 26.3 Å². The van der Waals surface area contributed by atoms with E-state index in [4.69, 9.17) is 4.74 Å². The summed E-state index contributed by atoms with van der Waals surface area (Å²) in [5, 5.41) is 9.19. The third kappa shape index (κ3) is 4.68. The Morgan fingerprint density at radius 3 is 2.67 bits per heavy atom. The number of hydrogen-bond donors (Lipinski definition) is 2. The van der Waals surface area contributed by atoms with E-state index in [1.165, 1.54) is 4.90 Å². The number of nitrogens with zero attached hydrogens (tertiary/aromatic N) is 1. The first-order valence-electron chi connectivity index (χ1n) is 7.81. The van der Waals surface area contributed by atoms with Crippen molar-refractivity contribution in [3.05, 3.63) is 29.8 Å². The van der Waals surface area contributed by atoms with Gasteiger partial charge in [0.05, 0.1) is 11.5 Å². The minimum atomic E-state index is -3.60. The Kier molecular flexibility index (Phi) is 5.52. The van der Waals surface area contributed by atoms with Gasteiger partial charge in [0.25, 0.3) is 0 Å². The van der Waals surface area contributed by atoms with E-state index in [0.717, 1.165) is 5.56 Å². The zero-order chi connectivity index (χ0) is 18.0. The second-order valence-corrected chi connectivity index (χ2v) is 8.46. The molecule has 0 saturated heterocycles. The van der Waals surface area contributed by atoms with Crippen LogP contribution < -0.4 is 4.72 Å². The molecule has 0 spiro atoms. The summed E-state index contributed by atoms with van der Waals surface area (Å²) >= 11 is 0. The zero-order valence-electron chi connectivity index (χ0n) is 14.2. The van der Waals surface area contributed by atoms with Gasteiger partial charge in [0.15, 0.2) is 0 Å². The molecule has 0 radical (unpaired) electrons. The number of carbonyl (C=O) groups is 1. The number of aliphatic hydroxyl groups excluding tert-OH is 1. The molecule has 1 aliphatic heterocycles. The molecule has 0 fully saturated rings. The molecule has 0 aromatic heterocycles. The molecule has 0 saturated carbocycles. The van der Waals surface area contributed by atoms with Crippen LogP contribution in [0.4, 0.5) is 4.79 Å². The number of fused-ring (bicyclic) bond motifs is 1. The molecule has 0 aliphatic carbocycles. The van der Waals surface area contributed by atoms with Crippen LogP contribution in [-0.4, -0.2) is 55.9 Å². The van der Waals surface area contributed by atoms with Gasteiger partial charge >= 0.3 is 6.09 Å². The molecule has 7 nitrogen and oxygen atoms in total. The van der Waals surface area contributed by atoms with Crippen molar-refractivity contribution in [2.45, 2.75) is 43.7 Å². The highest BCUT2D eigenvalue weighted by molar-refractivity contribution is 7.89. The summed E-state index contributed by atoms with van der Waals surface area (Å²) in [6.45, 7) is 5.23. The fourth-order valence-electron chi connectivity index (χ4n) is 2.60. The van der Waals surface area contributed by atoms with Gasteiger partial charge in [-0.15, -0.1) is 0 Å². The summed E-state index contributed by atoms with van der Waals surface area (Å²) in [5.74, 6) is 0. The lowest BCUT2D eigenvalue weighted by Gasteiger charge is -2.32. The first-order chi connectivity index (χ1) is 11.1. The molecule has 1 unspecified atom stereocenters. The van der Waals surface area contributed by atoms with Gasteiger partial charge in [0.2, 0.25) is 10.0 Å². The third-order valence-corrected chi connectivity index (χ3v) is 5.13. The predicted octanol–water partition coefficient (Wildman–Crippen LogP) is 1.12. The molecule has 1 aromatic rings. The van der Waals surface area contributed by atoms with Crippen molar-refractivity contribution in [3.63, 3.8) is 0 Å². The van der Waals surface area contributed by atoms with Gasteiger partial charge in [-0.05, 0) is 38.8 Å². The number of hydrogen-bond acceptors (Lipinski definition) is 5. The van der Waals surface area contributed by atoms with Crippen LogP contribution in [0.5, 0.6) is 0 Å². The zero-order valence-corrected chi connectivity index (χ0v) is 15.0. The Hall–Kier alpha value is -1.64. The van der Waals surface area contributed by atoms with Crippen molar-refractivity contribution in [2.75, 3.05) is 19.7 Å². The second kappa shape index (κ2) is 7.08. The number of amides is 1.